The van der Waals surface area contributed by atoms with Crippen LogP contribution in [0.3, 0.4) is 0 Å². The molecule has 4 aromatic rings. The molecule has 2 aliphatic carbocycles. The molecule has 6 radical (unpaired) electrons. The minimum Gasteiger partial charge on any atom is -0.289 e. The van der Waals surface area contributed by atoms with E-state index in [1.54, 1.807) is 0 Å². The van der Waals surface area contributed by atoms with Crippen molar-refractivity contribution >= 4 is 28.1 Å². The number of allylic oxidation sites excluding steroid dienone is 4. The van der Waals surface area contributed by atoms with Crippen molar-refractivity contribution in [2.75, 3.05) is 0 Å². The van der Waals surface area contributed by atoms with Crippen LogP contribution >= 0.6 is 0 Å². The number of carbonyl (C=O) groups excluding carboxylic acids is 1. The fourth-order valence-corrected chi connectivity index (χ4v) is 4.47. The summed E-state index contributed by atoms with van der Waals surface area (Å²) in [6.45, 7) is 0. The quantitative estimate of drug-likeness (QED) is 0.275. The first-order valence-electron chi connectivity index (χ1n) is 11.8. The van der Waals surface area contributed by atoms with Crippen LogP contribution in [-0.2, 0) is 21.6 Å². The number of rotatable bonds is 4. The standard InChI is InChI=1S/C29H20O.C5H5.Co/c30-29-27(23-17-9-3-10-18-23)25(21-13-5-1-6-14-21)26(22-15-7-2-8-16-22)28(29)24-19-11-4-12-20-24;1-2-4-5-3-1;/h1-20H;1-5H;. The smallest absolute Gasteiger partial charge is 0.195 e. The third-order valence-corrected chi connectivity index (χ3v) is 6.01. The summed E-state index contributed by atoms with van der Waals surface area (Å²) in [5.41, 5.74) is 7.51. The molecule has 0 heterocycles. The Morgan fingerprint density at radius 3 is 0.778 bits per heavy atom. The molecule has 176 valence electrons. The van der Waals surface area contributed by atoms with Gasteiger partial charge in [-0.25, -0.2) is 0 Å². The van der Waals surface area contributed by atoms with Crippen molar-refractivity contribution in [3.05, 3.63) is 176 Å². The molecule has 1 saturated carbocycles. The zero-order valence-electron chi connectivity index (χ0n) is 19.7. The van der Waals surface area contributed by atoms with Gasteiger partial charge in [0, 0.05) is 39.1 Å². The van der Waals surface area contributed by atoms with Gasteiger partial charge in [-0.2, -0.15) is 0 Å². The Bertz CT molecular complexity index is 1230. The molecular formula is C34H25CoO. The number of ketones is 1. The van der Waals surface area contributed by atoms with Crippen LogP contribution in [0.25, 0.3) is 22.3 Å². The molecule has 0 unspecified atom stereocenters. The monoisotopic (exact) mass is 508 g/mol. The molecule has 36 heavy (non-hydrogen) atoms. The van der Waals surface area contributed by atoms with Crippen molar-refractivity contribution in [1.29, 1.82) is 0 Å². The minimum absolute atomic E-state index is 0. The molecule has 0 spiro atoms. The first-order valence-corrected chi connectivity index (χ1v) is 11.8. The molecule has 2 aliphatic rings. The van der Waals surface area contributed by atoms with Crippen LogP contribution in [0.15, 0.2) is 121 Å². The van der Waals surface area contributed by atoms with Crippen molar-refractivity contribution in [3.8, 4) is 0 Å². The molecule has 0 N–H and O–H groups in total. The number of hydrogen-bond donors (Lipinski definition) is 0. The summed E-state index contributed by atoms with van der Waals surface area (Å²) in [7, 11) is 0. The zero-order chi connectivity index (χ0) is 23.9. The predicted octanol–water partition coefficient (Wildman–Crippen LogP) is 7.81. The van der Waals surface area contributed by atoms with Crippen LogP contribution < -0.4 is 0 Å². The summed E-state index contributed by atoms with van der Waals surface area (Å²) >= 11 is 0. The van der Waals surface area contributed by atoms with Gasteiger partial charge in [-0.1, -0.05) is 121 Å². The van der Waals surface area contributed by atoms with E-state index in [-0.39, 0.29) is 22.6 Å². The first kappa shape index (κ1) is 25.6. The van der Waals surface area contributed by atoms with E-state index in [9.17, 15) is 4.79 Å². The summed E-state index contributed by atoms with van der Waals surface area (Å²) in [5.74, 6) is 0.0742. The van der Waals surface area contributed by atoms with Gasteiger partial charge in [0.25, 0.3) is 0 Å². The Morgan fingerprint density at radius 2 is 0.528 bits per heavy atom. The fraction of sp³-hybridized carbons (Fsp3) is 0. The van der Waals surface area contributed by atoms with Crippen molar-refractivity contribution in [2.45, 2.75) is 0 Å². The van der Waals surface area contributed by atoms with Gasteiger partial charge in [-0.3, -0.25) is 4.79 Å². The molecular weight excluding hydrogens is 483 g/mol. The van der Waals surface area contributed by atoms with Crippen molar-refractivity contribution in [1.82, 2.24) is 0 Å². The molecule has 0 aliphatic heterocycles. The topological polar surface area (TPSA) is 17.1 Å². The third kappa shape index (κ3) is 5.51. The molecule has 1 fully saturated rings. The average molecular weight is 509 g/mol. The average Bonchev–Trinajstić information content (AvgIpc) is 3.61. The molecule has 0 saturated heterocycles. The van der Waals surface area contributed by atoms with E-state index in [2.05, 4.69) is 24.3 Å². The van der Waals surface area contributed by atoms with Gasteiger partial charge in [0.2, 0.25) is 0 Å². The van der Waals surface area contributed by atoms with E-state index >= 15 is 0 Å². The Hall–Kier alpha value is -3.46. The van der Waals surface area contributed by atoms with Crippen LogP contribution in [0.2, 0.25) is 0 Å². The van der Waals surface area contributed by atoms with E-state index in [4.69, 9.17) is 0 Å². The van der Waals surface area contributed by atoms with Crippen LogP contribution in [0.5, 0.6) is 0 Å². The Morgan fingerprint density at radius 1 is 0.306 bits per heavy atom. The summed E-state index contributed by atoms with van der Waals surface area (Å²) < 4.78 is 0. The fourth-order valence-electron chi connectivity index (χ4n) is 4.47. The van der Waals surface area contributed by atoms with Crippen molar-refractivity contribution < 1.29 is 21.6 Å². The maximum absolute atomic E-state index is 14.0. The molecule has 2 heteroatoms. The van der Waals surface area contributed by atoms with Gasteiger partial charge in [0.15, 0.2) is 5.78 Å². The minimum atomic E-state index is 0. The Labute approximate surface area is 224 Å². The predicted molar refractivity (Wildman–Crippen MR) is 146 cm³/mol. The van der Waals surface area contributed by atoms with Crippen LogP contribution in [0, 0.1) is 32.1 Å². The van der Waals surface area contributed by atoms with E-state index in [0.717, 1.165) is 44.5 Å². The molecule has 6 rings (SSSR count). The Kier molecular flexibility index (Phi) is 8.89. The van der Waals surface area contributed by atoms with Crippen LogP contribution in [0.4, 0.5) is 0 Å². The van der Waals surface area contributed by atoms with Gasteiger partial charge in [-0.15, -0.1) is 0 Å². The van der Waals surface area contributed by atoms with Gasteiger partial charge in [-0.05, 0) is 54.4 Å². The van der Waals surface area contributed by atoms with Gasteiger partial charge in [0.05, 0.1) is 0 Å². The second kappa shape index (κ2) is 12.5. The second-order valence-electron chi connectivity index (χ2n) is 8.26. The number of hydrogen-bond acceptors (Lipinski definition) is 1. The molecule has 0 atom stereocenters. The van der Waals surface area contributed by atoms with E-state index in [1.807, 2.05) is 129 Å². The van der Waals surface area contributed by atoms with Crippen molar-refractivity contribution in [3.63, 3.8) is 0 Å². The summed E-state index contributed by atoms with van der Waals surface area (Å²) in [6, 6.07) is 40.5. The number of carbonyl (C=O) groups is 1. The molecule has 4 aromatic carbocycles. The van der Waals surface area contributed by atoms with E-state index in [0.29, 0.717) is 0 Å². The second-order valence-corrected chi connectivity index (χ2v) is 8.26. The maximum atomic E-state index is 14.0. The summed E-state index contributed by atoms with van der Waals surface area (Å²) in [4.78, 5) is 14.0. The zero-order valence-corrected chi connectivity index (χ0v) is 20.7. The SMILES string of the molecule is O=C1C(c2ccccc2)=C(c2ccccc2)C(c2ccccc2)=C1c1ccccc1.[CH]1[CH][CH][CH][CH]1.[Co]. The maximum Gasteiger partial charge on any atom is 0.195 e. The normalized spacial score (nSPS) is 14.8. The van der Waals surface area contributed by atoms with Crippen LogP contribution in [0.1, 0.15) is 22.3 Å². The first-order chi connectivity index (χ1) is 17.3. The molecule has 0 aromatic heterocycles. The van der Waals surface area contributed by atoms with Crippen molar-refractivity contribution in [2.24, 2.45) is 0 Å². The van der Waals surface area contributed by atoms with Gasteiger partial charge >= 0.3 is 0 Å². The molecule has 0 bridgehead atoms. The summed E-state index contributed by atoms with van der Waals surface area (Å²) in [5, 5.41) is 0. The van der Waals surface area contributed by atoms with E-state index in [1.165, 1.54) is 0 Å². The van der Waals surface area contributed by atoms with Gasteiger partial charge in [0.1, 0.15) is 0 Å². The van der Waals surface area contributed by atoms with E-state index < -0.39 is 0 Å². The number of Topliss-reactive ketones (excluding diaryl/α,β-unsaturated/α-hetero) is 1. The Balaban J connectivity index is 0.000000455. The summed E-state index contributed by atoms with van der Waals surface area (Å²) in [6.07, 6.45) is 10.0. The largest absolute Gasteiger partial charge is 0.289 e. The van der Waals surface area contributed by atoms with Crippen LogP contribution in [-0.4, -0.2) is 5.78 Å². The molecule has 1 nitrogen and oxygen atoms in total. The third-order valence-electron chi connectivity index (χ3n) is 6.01. The van der Waals surface area contributed by atoms with Gasteiger partial charge < -0.3 is 0 Å². The number of benzene rings is 4. The molecule has 0 amide bonds.